The maximum Gasteiger partial charge on any atom is 0.323 e. The number of carboxylic acid groups (broad SMARTS) is 1. The Labute approximate surface area is 94.1 Å². The van der Waals surface area contributed by atoms with Crippen LogP contribution in [0.25, 0.3) is 0 Å². The predicted octanol–water partition coefficient (Wildman–Crippen LogP) is 2.48. The third kappa shape index (κ3) is 2.79. The Hall–Kier alpha value is -0.870. The molecule has 4 heteroatoms. The zero-order valence-electron chi connectivity index (χ0n) is 9.12. The molecule has 0 spiro atoms. The highest BCUT2D eigenvalue weighted by Gasteiger charge is 2.33. The van der Waals surface area contributed by atoms with Crippen LogP contribution >= 0.6 is 11.3 Å². The summed E-state index contributed by atoms with van der Waals surface area (Å²) in [6, 6.07) is 3.98. The Kier molecular flexibility index (Phi) is 4.29. The molecule has 1 aromatic heterocycles. The zero-order chi connectivity index (χ0) is 11.3. The number of aliphatic carboxylic acids is 1. The van der Waals surface area contributed by atoms with Gasteiger partial charge in [-0.25, -0.2) is 0 Å². The molecule has 0 unspecified atom stereocenters. The Balaban J connectivity index is 2.63. The second kappa shape index (κ2) is 5.28. The summed E-state index contributed by atoms with van der Waals surface area (Å²) in [5.41, 5.74) is -0.774. The van der Waals surface area contributed by atoms with Gasteiger partial charge in [0.15, 0.2) is 0 Å². The summed E-state index contributed by atoms with van der Waals surface area (Å²) in [7, 11) is 0. The molecule has 0 aliphatic rings. The highest BCUT2D eigenvalue weighted by atomic mass is 32.1. The standard InChI is InChI=1S/C11H17NO2S/c1-3-11(4-2,10(13)14)12-8-9-6-5-7-15-9/h5-7,12H,3-4,8H2,1-2H3,(H,13,14). The highest BCUT2D eigenvalue weighted by Crippen LogP contribution is 2.17. The van der Waals surface area contributed by atoms with Crippen LogP contribution in [0.15, 0.2) is 17.5 Å². The van der Waals surface area contributed by atoms with E-state index < -0.39 is 11.5 Å². The number of hydrogen-bond donors (Lipinski definition) is 2. The van der Waals surface area contributed by atoms with Gasteiger partial charge >= 0.3 is 5.97 Å². The summed E-state index contributed by atoms with van der Waals surface area (Å²) >= 11 is 1.64. The van der Waals surface area contributed by atoms with Crippen LogP contribution < -0.4 is 5.32 Å². The van der Waals surface area contributed by atoms with Crippen LogP contribution in [0.2, 0.25) is 0 Å². The van der Waals surface area contributed by atoms with E-state index in [0.29, 0.717) is 19.4 Å². The summed E-state index contributed by atoms with van der Waals surface area (Å²) < 4.78 is 0. The van der Waals surface area contributed by atoms with E-state index in [1.54, 1.807) is 11.3 Å². The van der Waals surface area contributed by atoms with E-state index in [2.05, 4.69) is 5.32 Å². The first-order valence-electron chi connectivity index (χ1n) is 5.15. The molecule has 3 nitrogen and oxygen atoms in total. The van der Waals surface area contributed by atoms with Crippen molar-refractivity contribution in [2.24, 2.45) is 0 Å². The van der Waals surface area contributed by atoms with Crippen molar-refractivity contribution in [1.82, 2.24) is 5.32 Å². The van der Waals surface area contributed by atoms with Crippen molar-refractivity contribution >= 4 is 17.3 Å². The maximum absolute atomic E-state index is 11.2. The lowest BCUT2D eigenvalue weighted by Crippen LogP contribution is -2.50. The number of carboxylic acids is 1. The monoisotopic (exact) mass is 227 g/mol. The van der Waals surface area contributed by atoms with Gasteiger partial charge in [-0.05, 0) is 24.3 Å². The van der Waals surface area contributed by atoms with Gasteiger partial charge in [-0.3, -0.25) is 10.1 Å². The van der Waals surface area contributed by atoms with E-state index >= 15 is 0 Å². The number of rotatable bonds is 6. The molecule has 0 saturated carbocycles. The molecule has 0 bridgehead atoms. The van der Waals surface area contributed by atoms with E-state index in [9.17, 15) is 9.90 Å². The fourth-order valence-corrected chi connectivity index (χ4v) is 2.19. The molecule has 2 N–H and O–H groups in total. The van der Waals surface area contributed by atoms with E-state index in [4.69, 9.17) is 0 Å². The SMILES string of the molecule is CCC(CC)(NCc1cccs1)C(=O)O. The van der Waals surface area contributed by atoms with Crippen molar-refractivity contribution in [1.29, 1.82) is 0 Å². The average Bonchev–Trinajstić information content (AvgIpc) is 2.72. The van der Waals surface area contributed by atoms with Gasteiger partial charge in [-0.15, -0.1) is 11.3 Å². The summed E-state index contributed by atoms with van der Waals surface area (Å²) in [4.78, 5) is 12.4. The predicted molar refractivity (Wildman–Crippen MR) is 62.1 cm³/mol. The Morgan fingerprint density at radius 3 is 2.60 bits per heavy atom. The summed E-state index contributed by atoms with van der Waals surface area (Å²) in [5, 5.41) is 14.3. The molecule has 0 aliphatic carbocycles. The third-order valence-electron chi connectivity index (χ3n) is 2.80. The van der Waals surface area contributed by atoms with Crippen molar-refractivity contribution in [3.8, 4) is 0 Å². The minimum absolute atomic E-state index is 0.601. The highest BCUT2D eigenvalue weighted by molar-refractivity contribution is 7.09. The normalized spacial score (nSPS) is 11.6. The molecule has 0 amide bonds. The molecule has 1 heterocycles. The minimum Gasteiger partial charge on any atom is -0.480 e. The summed E-state index contributed by atoms with van der Waals surface area (Å²) in [6.07, 6.45) is 1.20. The molecular formula is C11H17NO2S. The smallest absolute Gasteiger partial charge is 0.323 e. The number of carbonyl (C=O) groups is 1. The van der Waals surface area contributed by atoms with Gasteiger partial charge < -0.3 is 5.11 Å². The molecule has 1 rings (SSSR count). The van der Waals surface area contributed by atoms with Gasteiger partial charge in [-0.1, -0.05) is 19.9 Å². The van der Waals surface area contributed by atoms with Crippen molar-refractivity contribution in [3.63, 3.8) is 0 Å². The van der Waals surface area contributed by atoms with E-state index in [1.807, 2.05) is 31.4 Å². The van der Waals surface area contributed by atoms with Gasteiger partial charge in [0.25, 0.3) is 0 Å². The minimum atomic E-state index is -0.774. The van der Waals surface area contributed by atoms with E-state index in [1.165, 1.54) is 4.88 Å². The molecule has 0 atom stereocenters. The lowest BCUT2D eigenvalue weighted by molar-refractivity contribution is -0.145. The van der Waals surface area contributed by atoms with E-state index in [-0.39, 0.29) is 0 Å². The maximum atomic E-state index is 11.2. The molecule has 0 fully saturated rings. The average molecular weight is 227 g/mol. The van der Waals surface area contributed by atoms with Crippen LogP contribution in [-0.2, 0) is 11.3 Å². The first-order chi connectivity index (χ1) is 7.14. The van der Waals surface area contributed by atoms with Crippen LogP contribution in [0.3, 0.4) is 0 Å². The van der Waals surface area contributed by atoms with Crippen LogP contribution in [0.4, 0.5) is 0 Å². The molecule has 15 heavy (non-hydrogen) atoms. The fourth-order valence-electron chi connectivity index (χ4n) is 1.55. The lowest BCUT2D eigenvalue weighted by atomic mass is 9.93. The van der Waals surface area contributed by atoms with Gasteiger partial charge in [-0.2, -0.15) is 0 Å². The number of nitrogens with one attached hydrogen (secondary N) is 1. The molecule has 0 saturated heterocycles. The molecule has 0 aliphatic heterocycles. The quantitative estimate of drug-likeness (QED) is 0.785. The number of hydrogen-bond acceptors (Lipinski definition) is 3. The zero-order valence-corrected chi connectivity index (χ0v) is 9.93. The van der Waals surface area contributed by atoms with Crippen molar-refractivity contribution in [2.45, 2.75) is 38.8 Å². The summed E-state index contributed by atoms with van der Waals surface area (Å²) in [6.45, 7) is 4.43. The second-order valence-electron chi connectivity index (χ2n) is 3.53. The molecule has 0 aromatic carbocycles. The van der Waals surface area contributed by atoms with Gasteiger partial charge in [0.1, 0.15) is 5.54 Å². The first-order valence-corrected chi connectivity index (χ1v) is 6.03. The van der Waals surface area contributed by atoms with Crippen molar-refractivity contribution in [3.05, 3.63) is 22.4 Å². The van der Waals surface area contributed by atoms with Crippen LogP contribution in [0.1, 0.15) is 31.6 Å². The van der Waals surface area contributed by atoms with Crippen LogP contribution in [0.5, 0.6) is 0 Å². The fraction of sp³-hybridized carbons (Fsp3) is 0.545. The van der Waals surface area contributed by atoms with Gasteiger partial charge in [0, 0.05) is 11.4 Å². The van der Waals surface area contributed by atoms with Gasteiger partial charge in [0.05, 0.1) is 0 Å². The lowest BCUT2D eigenvalue weighted by Gasteiger charge is -2.27. The second-order valence-corrected chi connectivity index (χ2v) is 4.56. The molecule has 0 radical (unpaired) electrons. The van der Waals surface area contributed by atoms with Crippen molar-refractivity contribution < 1.29 is 9.90 Å². The molecule has 84 valence electrons. The Morgan fingerprint density at radius 2 is 2.20 bits per heavy atom. The Morgan fingerprint density at radius 1 is 1.53 bits per heavy atom. The van der Waals surface area contributed by atoms with E-state index in [0.717, 1.165) is 0 Å². The third-order valence-corrected chi connectivity index (χ3v) is 3.67. The number of thiophene rings is 1. The topological polar surface area (TPSA) is 49.3 Å². The molecular weight excluding hydrogens is 210 g/mol. The Bertz CT molecular complexity index is 304. The largest absolute Gasteiger partial charge is 0.480 e. The van der Waals surface area contributed by atoms with Crippen LogP contribution in [-0.4, -0.2) is 16.6 Å². The summed E-state index contributed by atoms with van der Waals surface area (Å²) in [5.74, 6) is -0.760. The van der Waals surface area contributed by atoms with Crippen LogP contribution in [0, 0.1) is 0 Å². The van der Waals surface area contributed by atoms with Gasteiger partial charge in [0.2, 0.25) is 0 Å². The molecule has 1 aromatic rings. The first kappa shape index (κ1) is 12.2. The van der Waals surface area contributed by atoms with Crippen molar-refractivity contribution in [2.75, 3.05) is 0 Å².